The van der Waals surface area contributed by atoms with E-state index in [1.807, 2.05) is 24.3 Å². The van der Waals surface area contributed by atoms with Gasteiger partial charge in [-0.05, 0) is 109 Å². The molecule has 2 heteroatoms. The largest absolute Gasteiger partial charge is 0.508 e. The highest BCUT2D eigenvalue weighted by molar-refractivity contribution is 5.45. The van der Waals surface area contributed by atoms with Gasteiger partial charge in [-0.1, -0.05) is 24.3 Å². The molecule has 0 heterocycles. The zero-order valence-electron chi connectivity index (χ0n) is 15.9. The molecule has 0 spiro atoms. The molecule has 134 valence electrons. The molecule has 3 aromatic rings. The molecule has 0 aliphatic heterocycles. The lowest BCUT2D eigenvalue weighted by Gasteiger charge is -2.13. The van der Waals surface area contributed by atoms with Crippen LogP contribution in [0.3, 0.4) is 0 Å². The predicted molar refractivity (Wildman–Crippen MR) is 107 cm³/mol. The second-order valence-electron chi connectivity index (χ2n) is 7.29. The number of hydrogen-bond donors (Lipinski definition) is 2. The maximum absolute atomic E-state index is 9.75. The van der Waals surface area contributed by atoms with Gasteiger partial charge in [-0.15, -0.1) is 0 Å². The molecular formula is C24H26O2. The molecule has 2 N–H and O–H groups in total. The molecule has 0 saturated heterocycles. The fourth-order valence-electron chi connectivity index (χ4n) is 3.76. The van der Waals surface area contributed by atoms with Crippen LogP contribution in [0.1, 0.15) is 44.5 Å². The Bertz CT molecular complexity index is 833. The first kappa shape index (κ1) is 18.1. The molecule has 0 amide bonds. The first-order chi connectivity index (χ1) is 12.3. The molecule has 0 bridgehead atoms. The number of aromatic hydroxyl groups is 2. The highest BCUT2D eigenvalue weighted by atomic mass is 16.3. The first-order valence-electron chi connectivity index (χ1n) is 8.99. The number of benzene rings is 3. The highest BCUT2D eigenvalue weighted by Crippen LogP contribution is 2.26. The predicted octanol–water partition coefficient (Wildman–Crippen LogP) is 5.51. The van der Waals surface area contributed by atoms with Gasteiger partial charge in [0.05, 0.1) is 0 Å². The van der Waals surface area contributed by atoms with Gasteiger partial charge in [-0.3, -0.25) is 0 Å². The molecular weight excluding hydrogens is 320 g/mol. The molecule has 0 fully saturated rings. The summed E-state index contributed by atoms with van der Waals surface area (Å²) in [6.07, 6.45) is 1.72. The summed E-state index contributed by atoms with van der Waals surface area (Å²) in [7, 11) is 0. The first-order valence-corrected chi connectivity index (χ1v) is 8.99. The maximum Gasteiger partial charge on any atom is 0.116 e. The van der Waals surface area contributed by atoms with Gasteiger partial charge in [0.15, 0.2) is 0 Å². The van der Waals surface area contributed by atoms with Crippen molar-refractivity contribution in [1.82, 2.24) is 0 Å². The lowest BCUT2D eigenvalue weighted by atomic mass is 9.92. The lowest BCUT2D eigenvalue weighted by molar-refractivity contribution is 0.473. The summed E-state index contributed by atoms with van der Waals surface area (Å²) < 4.78 is 0. The third-order valence-electron chi connectivity index (χ3n) is 5.11. The fourth-order valence-corrected chi connectivity index (χ4v) is 3.76. The van der Waals surface area contributed by atoms with Crippen LogP contribution in [0.2, 0.25) is 0 Å². The van der Waals surface area contributed by atoms with Crippen molar-refractivity contribution in [2.24, 2.45) is 0 Å². The summed E-state index contributed by atoms with van der Waals surface area (Å²) >= 11 is 0. The van der Waals surface area contributed by atoms with Crippen LogP contribution in [0, 0.1) is 27.7 Å². The van der Waals surface area contributed by atoms with E-state index in [1.54, 1.807) is 0 Å². The van der Waals surface area contributed by atoms with Gasteiger partial charge < -0.3 is 10.2 Å². The second kappa shape index (κ2) is 7.25. The zero-order chi connectivity index (χ0) is 18.8. The standard InChI is InChI=1S/C24H26O2/c1-15-8-21(25)9-16(2)23(15)13-19-6-5-7-20(12-19)14-24-17(3)10-22(26)11-18(24)4/h5-12,25-26H,13-14H2,1-4H3. The van der Waals surface area contributed by atoms with Gasteiger partial charge in [0.2, 0.25) is 0 Å². The quantitative estimate of drug-likeness (QED) is 0.653. The van der Waals surface area contributed by atoms with Crippen molar-refractivity contribution in [1.29, 1.82) is 0 Å². The summed E-state index contributed by atoms with van der Waals surface area (Å²) in [6.45, 7) is 8.20. The number of phenolic OH excluding ortho intramolecular Hbond substituents is 2. The number of aryl methyl sites for hydroxylation is 4. The van der Waals surface area contributed by atoms with E-state index in [0.29, 0.717) is 11.5 Å². The van der Waals surface area contributed by atoms with E-state index in [9.17, 15) is 10.2 Å². The Morgan fingerprint density at radius 1 is 0.577 bits per heavy atom. The normalized spacial score (nSPS) is 10.9. The molecule has 0 radical (unpaired) electrons. The fraction of sp³-hybridized carbons (Fsp3) is 0.250. The average Bonchev–Trinajstić information content (AvgIpc) is 2.55. The molecule has 2 nitrogen and oxygen atoms in total. The van der Waals surface area contributed by atoms with Crippen LogP contribution >= 0.6 is 0 Å². The minimum atomic E-state index is 0.329. The van der Waals surface area contributed by atoms with Crippen molar-refractivity contribution in [2.45, 2.75) is 40.5 Å². The van der Waals surface area contributed by atoms with E-state index >= 15 is 0 Å². The summed E-state index contributed by atoms with van der Waals surface area (Å²) in [4.78, 5) is 0. The molecule has 26 heavy (non-hydrogen) atoms. The number of hydrogen-bond acceptors (Lipinski definition) is 2. The third-order valence-corrected chi connectivity index (χ3v) is 5.11. The molecule has 0 atom stereocenters. The van der Waals surface area contributed by atoms with Crippen LogP contribution in [0.4, 0.5) is 0 Å². The van der Waals surface area contributed by atoms with E-state index in [2.05, 4.69) is 52.0 Å². The Morgan fingerprint density at radius 3 is 1.27 bits per heavy atom. The Kier molecular flexibility index (Phi) is 5.03. The van der Waals surface area contributed by atoms with Crippen molar-refractivity contribution in [3.63, 3.8) is 0 Å². The van der Waals surface area contributed by atoms with Crippen molar-refractivity contribution in [3.8, 4) is 11.5 Å². The minimum Gasteiger partial charge on any atom is -0.508 e. The van der Waals surface area contributed by atoms with Gasteiger partial charge in [-0.2, -0.15) is 0 Å². The van der Waals surface area contributed by atoms with Crippen LogP contribution in [0.5, 0.6) is 11.5 Å². The van der Waals surface area contributed by atoms with Crippen LogP contribution in [0.25, 0.3) is 0 Å². The van der Waals surface area contributed by atoms with E-state index in [1.165, 1.54) is 22.3 Å². The summed E-state index contributed by atoms with van der Waals surface area (Å²) in [5.74, 6) is 0.659. The van der Waals surface area contributed by atoms with Gasteiger partial charge >= 0.3 is 0 Å². The Morgan fingerprint density at radius 2 is 0.923 bits per heavy atom. The molecule has 0 saturated carbocycles. The summed E-state index contributed by atoms with van der Waals surface area (Å²) in [5.41, 5.74) is 9.59. The van der Waals surface area contributed by atoms with Crippen molar-refractivity contribution < 1.29 is 10.2 Å². The van der Waals surface area contributed by atoms with E-state index < -0.39 is 0 Å². The summed E-state index contributed by atoms with van der Waals surface area (Å²) in [5, 5.41) is 19.5. The van der Waals surface area contributed by atoms with Gasteiger partial charge in [-0.25, -0.2) is 0 Å². The Labute approximate surface area is 155 Å². The SMILES string of the molecule is Cc1cc(O)cc(C)c1Cc1cccc(Cc2c(C)cc(O)cc2C)c1. The van der Waals surface area contributed by atoms with Crippen LogP contribution in [-0.4, -0.2) is 10.2 Å². The molecule has 0 unspecified atom stereocenters. The molecule has 0 aliphatic rings. The summed E-state index contributed by atoms with van der Waals surface area (Å²) in [6, 6.07) is 16.0. The van der Waals surface area contributed by atoms with Gasteiger partial charge in [0.25, 0.3) is 0 Å². The van der Waals surface area contributed by atoms with Crippen molar-refractivity contribution in [3.05, 3.63) is 93.0 Å². The van der Waals surface area contributed by atoms with Crippen LogP contribution in [-0.2, 0) is 12.8 Å². The van der Waals surface area contributed by atoms with Crippen LogP contribution in [0.15, 0.2) is 48.5 Å². The van der Waals surface area contributed by atoms with Crippen molar-refractivity contribution >= 4 is 0 Å². The van der Waals surface area contributed by atoms with E-state index in [0.717, 1.165) is 35.1 Å². The van der Waals surface area contributed by atoms with E-state index in [-0.39, 0.29) is 0 Å². The van der Waals surface area contributed by atoms with Gasteiger partial charge in [0.1, 0.15) is 11.5 Å². The second-order valence-corrected chi connectivity index (χ2v) is 7.29. The molecule has 3 rings (SSSR count). The van der Waals surface area contributed by atoms with Gasteiger partial charge in [0, 0.05) is 0 Å². The minimum absolute atomic E-state index is 0.329. The smallest absolute Gasteiger partial charge is 0.116 e. The molecule has 0 aliphatic carbocycles. The topological polar surface area (TPSA) is 40.5 Å². The Hall–Kier alpha value is -2.74. The lowest BCUT2D eigenvalue weighted by Crippen LogP contribution is -1.99. The molecule has 0 aromatic heterocycles. The Balaban J connectivity index is 1.88. The molecule has 3 aromatic carbocycles. The monoisotopic (exact) mass is 346 g/mol. The number of phenols is 2. The third kappa shape index (κ3) is 3.91. The number of rotatable bonds is 4. The van der Waals surface area contributed by atoms with Crippen molar-refractivity contribution in [2.75, 3.05) is 0 Å². The average molecular weight is 346 g/mol. The van der Waals surface area contributed by atoms with E-state index in [4.69, 9.17) is 0 Å². The maximum atomic E-state index is 9.75. The van der Waals surface area contributed by atoms with Crippen LogP contribution < -0.4 is 0 Å². The zero-order valence-corrected chi connectivity index (χ0v) is 15.9. The highest BCUT2D eigenvalue weighted by Gasteiger charge is 2.09.